The second-order valence-corrected chi connectivity index (χ2v) is 17.3. The molecule has 308 valence electrons. The van der Waals surface area contributed by atoms with Gasteiger partial charge in [0.05, 0.1) is 28.1 Å². The van der Waals surface area contributed by atoms with Gasteiger partial charge in [-0.3, -0.25) is 0 Å². The van der Waals surface area contributed by atoms with Crippen LogP contribution in [0.3, 0.4) is 0 Å². The van der Waals surface area contributed by atoms with Gasteiger partial charge in [-0.15, -0.1) is 11.3 Å². The predicted molar refractivity (Wildman–Crippen MR) is 278 cm³/mol. The van der Waals surface area contributed by atoms with Crippen LogP contribution in [-0.2, 0) is 0 Å². The van der Waals surface area contributed by atoms with E-state index in [1.165, 1.54) is 36.5 Å². The van der Waals surface area contributed by atoms with Gasteiger partial charge in [-0.25, -0.2) is 0 Å². The molecule has 2 heterocycles. The molecule has 0 spiro atoms. The van der Waals surface area contributed by atoms with Crippen LogP contribution in [0.5, 0.6) is 0 Å². The topological polar surface area (TPSA) is 14.7 Å². The van der Waals surface area contributed by atoms with Crippen molar-refractivity contribution in [3.8, 4) is 5.69 Å². The summed E-state index contributed by atoms with van der Waals surface area (Å²) in [6.45, 7) is 0. The Morgan fingerprint density at radius 3 is 1.20 bits per heavy atom. The number of hydrogen-bond donors (Lipinski definition) is 0. The summed E-state index contributed by atoms with van der Waals surface area (Å²) in [4.78, 5) is 7.18. The van der Waals surface area contributed by atoms with Gasteiger partial charge in [-0.2, -0.15) is 0 Å². The Balaban J connectivity index is 1.13. The zero-order valence-corrected chi connectivity index (χ0v) is 36.3. The fourth-order valence-corrected chi connectivity index (χ4v) is 10.6. The molecule has 10 aromatic carbocycles. The molecule has 0 aliphatic carbocycles. The highest BCUT2D eigenvalue weighted by molar-refractivity contribution is 7.25. The normalized spacial score (nSPS) is 11.4. The van der Waals surface area contributed by atoms with Gasteiger partial charge in [0, 0.05) is 70.8 Å². The van der Waals surface area contributed by atoms with Crippen LogP contribution >= 0.6 is 11.3 Å². The average Bonchev–Trinajstić information content (AvgIpc) is 3.91. The van der Waals surface area contributed by atoms with Gasteiger partial charge in [0.2, 0.25) is 0 Å². The number of hydrogen-bond acceptors (Lipinski definition) is 4. The molecule has 0 fully saturated rings. The molecule has 12 rings (SSSR count). The van der Waals surface area contributed by atoms with Gasteiger partial charge < -0.3 is 19.3 Å². The molecule has 0 unspecified atom stereocenters. The number of anilines is 9. The van der Waals surface area contributed by atoms with Crippen molar-refractivity contribution in [2.75, 3.05) is 14.7 Å². The molecule has 0 N–H and O–H groups in total. The van der Waals surface area contributed by atoms with Crippen LogP contribution in [0, 0.1) is 0 Å². The number of nitrogens with zero attached hydrogens (tertiary/aromatic N) is 4. The van der Waals surface area contributed by atoms with E-state index in [0.29, 0.717) is 0 Å². The van der Waals surface area contributed by atoms with Crippen LogP contribution in [0.15, 0.2) is 255 Å². The molecule has 5 heteroatoms. The van der Waals surface area contributed by atoms with Crippen molar-refractivity contribution in [3.63, 3.8) is 0 Å². The predicted octanol–water partition coefficient (Wildman–Crippen LogP) is 17.6. The lowest BCUT2D eigenvalue weighted by atomic mass is 10.1. The van der Waals surface area contributed by atoms with Crippen LogP contribution < -0.4 is 14.7 Å². The summed E-state index contributed by atoms with van der Waals surface area (Å²) in [6.07, 6.45) is 0. The second kappa shape index (κ2) is 16.4. The number of thiophene rings is 1. The number of rotatable bonds is 10. The third kappa shape index (κ3) is 6.96. The second-order valence-electron chi connectivity index (χ2n) is 16.2. The molecule has 4 nitrogen and oxygen atoms in total. The summed E-state index contributed by atoms with van der Waals surface area (Å²) in [6, 6.07) is 91.9. The Bertz CT molecular complexity index is 3570. The SMILES string of the molecule is c1ccc(N(c2ccccc2)c2cc(N(c3ccccc3)c3ccc4c(c3)sc3ccccc34)cc(N(c3ccccc3)c3ccc4c(c3)c3ccccc3n4-c3ccccc3)c2)cc1. The van der Waals surface area contributed by atoms with Crippen molar-refractivity contribution in [1.82, 2.24) is 4.57 Å². The first-order valence-electron chi connectivity index (χ1n) is 22.0. The minimum atomic E-state index is 1.02. The molecule has 0 aliphatic heterocycles. The first-order valence-corrected chi connectivity index (χ1v) is 22.8. The zero-order chi connectivity index (χ0) is 43.1. The van der Waals surface area contributed by atoms with Gasteiger partial charge in [0.15, 0.2) is 0 Å². The molecule has 0 bridgehead atoms. The molecule has 0 amide bonds. The van der Waals surface area contributed by atoms with Crippen molar-refractivity contribution in [2.45, 2.75) is 0 Å². The van der Waals surface area contributed by atoms with Crippen LogP contribution in [0.25, 0.3) is 47.7 Å². The number of aromatic nitrogens is 1. The highest BCUT2D eigenvalue weighted by Gasteiger charge is 2.24. The van der Waals surface area contributed by atoms with E-state index in [1.54, 1.807) is 0 Å². The van der Waals surface area contributed by atoms with E-state index < -0.39 is 0 Å². The van der Waals surface area contributed by atoms with Crippen molar-refractivity contribution in [2.24, 2.45) is 0 Å². The van der Waals surface area contributed by atoms with E-state index >= 15 is 0 Å². The summed E-state index contributed by atoms with van der Waals surface area (Å²) < 4.78 is 4.92. The molecular formula is C60H42N4S. The van der Waals surface area contributed by atoms with Crippen molar-refractivity contribution in [1.29, 1.82) is 0 Å². The number of benzene rings is 10. The lowest BCUT2D eigenvalue weighted by Crippen LogP contribution is -2.16. The molecular weight excluding hydrogens is 809 g/mol. The van der Waals surface area contributed by atoms with Crippen LogP contribution in [-0.4, -0.2) is 4.57 Å². The Morgan fingerprint density at radius 1 is 0.246 bits per heavy atom. The molecule has 2 aromatic heterocycles. The van der Waals surface area contributed by atoms with E-state index in [2.05, 4.69) is 274 Å². The van der Waals surface area contributed by atoms with E-state index in [-0.39, 0.29) is 0 Å². The molecule has 0 aliphatic rings. The fraction of sp³-hybridized carbons (Fsp3) is 0. The maximum Gasteiger partial charge on any atom is 0.0542 e. The number of fused-ring (bicyclic) bond motifs is 6. The summed E-state index contributed by atoms with van der Waals surface area (Å²) >= 11 is 1.85. The number of para-hydroxylation sites is 6. The van der Waals surface area contributed by atoms with Crippen molar-refractivity contribution in [3.05, 3.63) is 255 Å². The molecule has 0 atom stereocenters. The van der Waals surface area contributed by atoms with Gasteiger partial charge >= 0.3 is 0 Å². The first kappa shape index (κ1) is 38.3. The third-order valence-electron chi connectivity index (χ3n) is 12.3. The Hall–Kier alpha value is -8.38. The largest absolute Gasteiger partial charge is 0.310 e. The molecule has 0 saturated carbocycles. The van der Waals surface area contributed by atoms with Crippen LogP contribution in [0.2, 0.25) is 0 Å². The smallest absolute Gasteiger partial charge is 0.0542 e. The molecule has 12 aromatic rings. The van der Waals surface area contributed by atoms with E-state index in [9.17, 15) is 0 Å². The summed E-state index contributed by atoms with van der Waals surface area (Å²) in [7, 11) is 0. The Labute approximate surface area is 382 Å². The van der Waals surface area contributed by atoms with Gasteiger partial charge in [0.1, 0.15) is 0 Å². The van der Waals surface area contributed by atoms with Gasteiger partial charge in [-0.05, 0) is 121 Å². The maximum absolute atomic E-state index is 2.41. The van der Waals surface area contributed by atoms with Crippen LogP contribution in [0.4, 0.5) is 51.2 Å². The maximum atomic E-state index is 2.41. The lowest BCUT2D eigenvalue weighted by molar-refractivity contribution is 1.18. The van der Waals surface area contributed by atoms with E-state index in [0.717, 1.165) is 62.4 Å². The standard InChI is InChI=1S/C60H42N4S/c1-6-20-43(21-7-1)61(44-22-8-2-9-23-44)50-38-51(40-52(39-50)63(46-26-12-4-13-27-46)49-34-36-55-54-31-17-19-33-59(54)65-60(55)42-49)62(45-24-10-3-11-25-45)48-35-37-58-56(41-48)53-30-16-18-32-57(53)64(58)47-28-14-5-15-29-47/h1-42H. The first-order chi connectivity index (χ1) is 32.2. The van der Waals surface area contributed by atoms with Crippen molar-refractivity contribution >= 4 is 105 Å². The monoisotopic (exact) mass is 850 g/mol. The molecule has 65 heavy (non-hydrogen) atoms. The van der Waals surface area contributed by atoms with Gasteiger partial charge in [0.25, 0.3) is 0 Å². The summed E-state index contributed by atoms with van der Waals surface area (Å²) in [5.41, 5.74) is 13.0. The van der Waals surface area contributed by atoms with Gasteiger partial charge in [-0.1, -0.05) is 133 Å². The minimum absolute atomic E-state index is 1.02. The summed E-state index contributed by atoms with van der Waals surface area (Å²) in [5, 5.41) is 4.97. The fourth-order valence-electron chi connectivity index (χ4n) is 9.43. The summed E-state index contributed by atoms with van der Waals surface area (Å²) in [5.74, 6) is 0. The van der Waals surface area contributed by atoms with E-state index in [4.69, 9.17) is 0 Å². The zero-order valence-electron chi connectivity index (χ0n) is 35.4. The lowest BCUT2D eigenvalue weighted by Gasteiger charge is -2.33. The highest BCUT2D eigenvalue weighted by atomic mass is 32.1. The Kier molecular flexibility index (Phi) is 9.66. The van der Waals surface area contributed by atoms with Crippen molar-refractivity contribution < 1.29 is 0 Å². The quantitative estimate of drug-likeness (QED) is 0.136. The van der Waals surface area contributed by atoms with Crippen LogP contribution in [0.1, 0.15) is 0 Å². The molecule has 0 radical (unpaired) electrons. The Morgan fingerprint density at radius 2 is 0.646 bits per heavy atom. The highest BCUT2D eigenvalue weighted by Crippen LogP contribution is 2.48. The molecule has 0 saturated heterocycles. The van der Waals surface area contributed by atoms with E-state index in [1.807, 2.05) is 11.3 Å². The minimum Gasteiger partial charge on any atom is -0.310 e. The average molecular weight is 851 g/mol. The third-order valence-corrected chi connectivity index (χ3v) is 13.4.